The first-order valence-electron chi connectivity index (χ1n) is 8.90. The molecule has 1 N–H and O–H groups in total. The van der Waals surface area contributed by atoms with Gasteiger partial charge in [-0.3, -0.25) is 0 Å². The fourth-order valence-electron chi connectivity index (χ4n) is 3.15. The van der Waals surface area contributed by atoms with Crippen LogP contribution < -0.4 is 19.5 Å². The molecule has 0 saturated carbocycles. The molecule has 1 heterocycles. The summed E-state index contributed by atoms with van der Waals surface area (Å²) in [4.78, 5) is 14.2. The number of benzene rings is 2. The van der Waals surface area contributed by atoms with Crippen molar-refractivity contribution in [2.75, 3.05) is 20.8 Å². The van der Waals surface area contributed by atoms with Gasteiger partial charge in [0.2, 0.25) is 0 Å². The maximum atomic E-state index is 12.5. The van der Waals surface area contributed by atoms with E-state index in [9.17, 15) is 18.0 Å². The second kappa shape index (κ2) is 8.50. The number of carbonyl (C=O) groups is 1. The van der Waals surface area contributed by atoms with Gasteiger partial charge in [0.25, 0.3) is 0 Å². The number of carbonyl (C=O) groups excluding carboxylic acids is 1. The number of methoxy groups -OCH3 is 2. The van der Waals surface area contributed by atoms with Gasteiger partial charge in [0, 0.05) is 19.6 Å². The fraction of sp³-hybridized carbons (Fsp3) is 0.350. The lowest BCUT2D eigenvalue weighted by molar-refractivity contribution is -0.274. The first-order chi connectivity index (χ1) is 13.8. The van der Waals surface area contributed by atoms with E-state index in [1.165, 1.54) is 24.3 Å². The molecule has 2 aromatic rings. The van der Waals surface area contributed by atoms with Crippen LogP contribution in [0.4, 0.5) is 18.0 Å². The van der Waals surface area contributed by atoms with Gasteiger partial charge in [0.15, 0.2) is 11.5 Å². The van der Waals surface area contributed by atoms with Gasteiger partial charge < -0.3 is 24.4 Å². The quantitative estimate of drug-likeness (QED) is 0.813. The van der Waals surface area contributed by atoms with Crippen LogP contribution in [0.15, 0.2) is 36.4 Å². The van der Waals surface area contributed by atoms with Crippen molar-refractivity contribution in [2.24, 2.45) is 0 Å². The van der Waals surface area contributed by atoms with Crippen molar-refractivity contribution in [1.29, 1.82) is 0 Å². The van der Waals surface area contributed by atoms with Crippen LogP contribution in [0.1, 0.15) is 16.7 Å². The maximum absolute atomic E-state index is 12.5. The molecule has 0 atom stereocenters. The molecule has 3 rings (SSSR count). The summed E-state index contributed by atoms with van der Waals surface area (Å²) in [5.74, 6) is 0.960. The number of nitrogens with one attached hydrogen (secondary N) is 1. The highest BCUT2D eigenvalue weighted by Crippen LogP contribution is 2.33. The van der Waals surface area contributed by atoms with E-state index in [-0.39, 0.29) is 18.3 Å². The Bertz CT molecular complexity index is 869. The molecule has 0 saturated heterocycles. The average Bonchev–Trinajstić information content (AvgIpc) is 2.70. The van der Waals surface area contributed by atoms with Gasteiger partial charge in [-0.1, -0.05) is 12.1 Å². The van der Waals surface area contributed by atoms with Crippen LogP contribution in [-0.4, -0.2) is 38.1 Å². The van der Waals surface area contributed by atoms with E-state index < -0.39 is 6.36 Å². The molecule has 6 nitrogen and oxygen atoms in total. The molecular formula is C20H21F3N2O4. The average molecular weight is 410 g/mol. The Morgan fingerprint density at radius 3 is 2.28 bits per heavy atom. The SMILES string of the molecule is COc1cc2c(cc1OC)CN(C(=O)NCc1ccc(OC(F)(F)F)cc1)CC2. The second-order valence-electron chi connectivity index (χ2n) is 6.50. The molecular weight excluding hydrogens is 389 g/mol. The van der Waals surface area contributed by atoms with Gasteiger partial charge in [0.05, 0.1) is 14.2 Å². The summed E-state index contributed by atoms with van der Waals surface area (Å²) < 4.78 is 51.1. The Hall–Kier alpha value is -3.10. The zero-order chi connectivity index (χ0) is 21.0. The summed E-state index contributed by atoms with van der Waals surface area (Å²) in [5, 5.41) is 2.79. The molecule has 0 bridgehead atoms. The molecule has 0 aromatic heterocycles. The van der Waals surface area contributed by atoms with Gasteiger partial charge in [-0.15, -0.1) is 13.2 Å². The highest BCUT2D eigenvalue weighted by Gasteiger charge is 2.31. The number of rotatable bonds is 5. The number of hydrogen-bond donors (Lipinski definition) is 1. The number of urea groups is 1. The van der Waals surface area contributed by atoms with Crippen LogP contribution in [0, 0.1) is 0 Å². The molecule has 29 heavy (non-hydrogen) atoms. The lowest BCUT2D eigenvalue weighted by atomic mass is 9.99. The third-order valence-electron chi connectivity index (χ3n) is 4.61. The molecule has 1 aliphatic heterocycles. The number of nitrogens with zero attached hydrogens (tertiary/aromatic N) is 1. The van der Waals surface area contributed by atoms with Crippen LogP contribution in [-0.2, 0) is 19.5 Å². The standard InChI is InChI=1S/C20H21F3N2O4/c1-27-17-9-14-7-8-25(12-15(14)10-18(17)28-2)19(26)24-11-13-3-5-16(6-4-13)29-20(21,22)23/h3-6,9-10H,7-8,11-12H2,1-2H3,(H,24,26). The molecule has 156 valence electrons. The molecule has 9 heteroatoms. The van der Waals surface area contributed by atoms with Crippen LogP contribution in [0.2, 0.25) is 0 Å². The van der Waals surface area contributed by atoms with Crippen molar-refractivity contribution < 1.29 is 32.2 Å². The van der Waals surface area contributed by atoms with Gasteiger partial charge >= 0.3 is 12.4 Å². The van der Waals surface area contributed by atoms with Crippen molar-refractivity contribution in [1.82, 2.24) is 10.2 Å². The lowest BCUT2D eigenvalue weighted by Gasteiger charge is -2.29. The molecule has 2 aromatic carbocycles. The fourth-order valence-corrected chi connectivity index (χ4v) is 3.15. The zero-order valence-electron chi connectivity index (χ0n) is 16.0. The molecule has 0 unspecified atom stereocenters. The lowest BCUT2D eigenvalue weighted by Crippen LogP contribution is -2.42. The summed E-state index contributed by atoms with van der Waals surface area (Å²) in [6.07, 6.45) is -4.04. The molecule has 2 amide bonds. The third-order valence-corrected chi connectivity index (χ3v) is 4.61. The summed E-state index contributed by atoms with van der Waals surface area (Å²) in [6.45, 7) is 1.17. The zero-order valence-corrected chi connectivity index (χ0v) is 16.0. The molecule has 0 fully saturated rings. The molecule has 1 aliphatic rings. The van der Waals surface area contributed by atoms with E-state index >= 15 is 0 Å². The number of halogens is 3. The summed E-state index contributed by atoms with van der Waals surface area (Å²) in [7, 11) is 3.14. The predicted molar refractivity (Wildman–Crippen MR) is 99.0 cm³/mol. The normalized spacial score (nSPS) is 13.5. The van der Waals surface area contributed by atoms with E-state index in [1.54, 1.807) is 19.1 Å². The van der Waals surface area contributed by atoms with Crippen LogP contribution in [0.3, 0.4) is 0 Å². The summed E-state index contributed by atoms with van der Waals surface area (Å²) in [6, 6.07) is 8.92. The summed E-state index contributed by atoms with van der Waals surface area (Å²) >= 11 is 0. The Morgan fingerprint density at radius 1 is 1.07 bits per heavy atom. The van der Waals surface area contributed by atoms with Crippen molar-refractivity contribution >= 4 is 6.03 Å². The highest BCUT2D eigenvalue weighted by molar-refractivity contribution is 5.74. The number of alkyl halides is 3. The smallest absolute Gasteiger partial charge is 0.493 e. The van der Waals surface area contributed by atoms with E-state index in [0.29, 0.717) is 36.6 Å². The second-order valence-corrected chi connectivity index (χ2v) is 6.50. The van der Waals surface area contributed by atoms with Crippen LogP contribution >= 0.6 is 0 Å². The minimum Gasteiger partial charge on any atom is -0.493 e. The van der Waals surface area contributed by atoms with Crippen molar-refractivity contribution in [3.05, 3.63) is 53.1 Å². The van der Waals surface area contributed by atoms with Gasteiger partial charge in [-0.05, 0) is 47.4 Å². The summed E-state index contributed by atoms with van der Waals surface area (Å²) in [5.41, 5.74) is 2.75. The van der Waals surface area contributed by atoms with Crippen molar-refractivity contribution in [2.45, 2.75) is 25.9 Å². The Balaban J connectivity index is 1.58. The van der Waals surface area contributed by atoms with E-state index in [4.69, 9.17) is 9.47 Å². The monoisotopic (exact) mass is 410 g/mol. The number of ether oxygens (including phenoxy) is 3. The molecule has 0 spiro atoms. The van der Waals surface area contributed by atoms with E-state index in [0.717, 1.165) is 11.1 Å². The van der Waals surface area contributed by atoms with Gasteiger partial charge in [0.1, 0.15) is 5.75 Å². The minimum atomic E-state index is -4.73. The maximum Gasteiger partial charge on any atom is 0.573 e. The number of fused-ring (bicyclic) bond motifs is 1. The van der Waals surface area contributed by atoms with Gasteiger partial charge in [-0.2, -0.15) is 0 Å². The van der Waals surface area contributed by atoms with Gasteiger partial charge in [-0.25, -0.2) is 4.79 Å². The van der Waals surface area contributed by atoms with E-state index in [1.807, 2.05) is 12.1 Å². The number of amides is 2. The van der Waals surface area contributed by atoms with Crippen molar-refractivity contribution in [3.8, 4) is 17.2 Å². The van der Waals surface area contributed by atoms with Crippen molar-refractivity contribution in [3.63, 3.8) is 0 Å². The first kappa shape index (κ1) is 20.6. The molecule has 0 aliphatic carbocycles. The first-order valence-corrected chi connectivity index (χ1v) is 8.90. The number of hydrogen-bond acceptors (Lipinski definition) is 4. The van der Waals surface area contributed by atoms with E-state index in [2.05, 4.69) is 10.1 Å². The molecule has 0 radical (unpaired) electrons. The van der Waals surface area contributed by atoms with Crippen LogP contribution in [0.25, 0.3) is 0 Å². The Morgan fingerprint density at radius 2 is 1.69 bits per heavy atom. The minimum absolute atomic E-state index is 0.195. The highest BCUT2D eigenvalue weighted by atomic mass is 19.4. The Labute approximate surface area is 166 Å². The Kier molecular flexibility index (Phi) is 6.05. The predicted octanol–water partition coefficient (Wildman–Crippen LogP) is 3.87. The third kappa shape index (κ3) is 5.24. The van der Waals surface area contributed by atoms with Crippen LogP contribution in [0.5, 0.6) is 17.2 Å². The largest absolute Gasteiger partial charge is 0.573 e. The topological polar surface area (TPSA) is 60.0 Å².